The fourth-order valence-corrected chi connectivity index (χ4v) is 3.13. The van der Waals surface area contributed by atoms with Crippen molar-refractivity contribution < 1.29 is 0 Å². The first-order valence-corrected chi connectivity index (χ1v) is 7.42. The minimum Gasteiger partial charge on any atom is -0.324 e. The second kappa shape index (κ2) is 4.93. The van der Waals surface area contributed by atoms with Gasteiger partial charge >= 0.3 is 0 Å². The summed E-state index contributed by atoms with van der Waals surface area (Å²) in [4.78, 5) is 9.36. The highest BCUT2D eigenvalue weighted by Crippen LogP contribution is 2.30. The molecule has 2 N–H and O–H groups in total. The Morgan fingerprint density at radius 2 is 1.90 bits per heavy atom. The van der Waals surface area contributed by atoms with Gasteiger partial charge in [-0.1, -0.05) is 42.5 Å². The monoisotopic (exact) mass is 275 g/mol. The Morgan fingerprint density at radius 1 is 1.05 bits per heavy atom. The lowest BCUT2D eigenvalue weighted by Crippen LogP contribution is -2.19. The molecule has 104 valence electrons. The highest BCUT2D eigenvalue weighted by atomic mass is 14.9. The van der Waals surface area contributed by atoms with Gasteiger partial charge in [-0.25, -0.2) is 9.97 Å². The van der Waals surface area contributed by atoms with Crippen LogP contribution in [0.15, 0.2) is 48.7 Å². The fraction of sp³-hybridized carbons (Fsp3) is 0.222. The number of aryl methyl sites for hydroxylation is 1. The van der Waals surface area contributed by atoms with E-state index in [-0.39, 0.29) is 6.04 Å². The van der Waals surface area contributed by atoms with E-state index in [1.54, 1.807) is 0 Å². The third-order valence-corrected chi connectivity index (χ3v) is 4.26. The lowest BCUT2D eigenvalue weighted by molar-refractivity contribution is 0.557. The lowest BCUT2D eigenvalue weighted by Gasteiger charge is -2.21. The number of benzene rings is 2. The Morgan fingerprint density at radius 3 is 2.86 bits per heavy atom. The van der Waals surface area contributed by atoms with E-state index in [1.807, 2.05) is 6.20 Å². The Labute approximate surface area is 123 Å². The van der Waals surface area contributed by atoms with E-state index in [0.29, 0.717) is 0 Å². The summed E-state index contributed by atoms with van der Waals surface area (Å²) in [5, 5.41) is 2.41. The van der Waals surface area contributed by atoms with Crippen molar-refractivity contribution in [2.45, 2.75) is 25.3 Å². The molecule has 0 radical (unpaired) electrons. The van der Waals surface area contributed by atoms with Gasteiger partial charge in [0.1, 0.15) is 0 Å². The maximum atomic E-state index is 6.15. The molecular formula is C18H17N3. The first-order chi connectivity index (χ1) is 10.3. The zero-order valence-corrected chi connectivity index (χ0v) is 11.8. The number of aromatic nitrogens is 2. The summed E-state index contributed by atoms with van der Waals surface area (Å²) < 4.78 is 0. The molecule has 0 spiro atoms. The summed E-state index contributed by atoms with van der Waals surface area (Å²) in [7, 11) is 0. The van der Waals surface area contributed by atoms with Gasteiger partial charge in [0, 0.05) is 29.1 Å². The van der Waals surface area contributed by atoms with Gasteiger partial charge in [-0.2, -0.15) is 0 Å². The quantitative estimate of drug-likeness (QED) is 0.737. The molecular weight excluding hydrogens is 258 g/mol. The molecule has 4 rings (SSSR count). The Balaban J connectivity index is 1.89. The first kappa shape index (κ1) is 12.5. The normalized spacial score (nSPS) is 17.7. The largest absolute Gasteiger partial charge is 0.324 e. The average molecular weight is 275 g/mol. The summed E-state index contributed by atoms with van der Waals surface area (Å²) in [6, 6.07) is 14.7. The molecule has 0 saturated heterocycles. The van der Waals surface area contributed by atoms with Gasteiger partial charge in [-0.05, 0) is 30.0 Å². The number of hydrogen-bond donors (Lipinski definition) is 1. The molecule has 0 aliphatic heterocycles. The summed E-state index contributed by atoms with van der Waals surface area (Å²) >= 11 is 0. The van der Waals surface area contributed by atoms with Crippen LogP contribution in [-0.2, 0) is 6.42 Å². The van der Waals surface area contributed by atoms with Crippen LogP contribution in [0.3, 0.4) is 0 Å². The molecule has 1 aliphatic carbocycles. The van der Waals surface area contributed by atoms with Crippen molar-refractivity contribution in [2.75, 3.05) is 0 Å². The predicted molar refractivity (Wildman–Crippen MR) is 84.8 cm³/mol. The molecule has 1 heterocycles. The summed E-state index contributed by atoms with van der Waals surface area (Å²) in [5.74, 6) is 0.805. The van der Waals surface area contributed by atoms with Crippen LogP contribution in [-0.4, -0.2) is 9.97 Å². The van der Waals surface area contributed by atoms with E-state index in [2.05, 4.69) is 47.4 Å². The zero-order chi connectivity index (χ0) is 14.2. The minimum atomic E-state index is 0.0929. The van der Waals surface area contributed by atoms with Crippen LogP contribution in [0.1, 0.15) is 30.1 Å². The molecule has 1 unspecified atom stereocenters. The molecule has 3 aromatic rings. The van der Waals surface area contributed by atoms with Crippen molar-refractivity contribution in [1.29, 1.82) is 0 Å². The number of hydrogen-bond acceptors (Lipinski definition) is 3. The molecule has 0 saturated carbocycles. The predicted octanol–water partition coefficient (Wildman–Crippen LogP) is 3.63. The molecule has 0 amide bonds. The smallest absolute Gasteiger partial charge is 0.160 e. The average Bonchev–Trinajstić information content (AvgIpc) is 2.54. The van der Waals surface area contributed by atoms with Gasteiger partial charge in [0.05, 0.1) is 0 Å². The van der Waals surface area contributed by atoms with E-state index in [0.717, 1.165) is 41.9 Å². The van der Waals surface area contributed by atoms with Crippen molar-refractivity contribution in [3.63, 3.8) is 0 Å². The third-order valence-electron chi connectivity index (χ3n) is 4.26. The Bertz CT molecular complexity index is 805. The maximum Gasteiger partial charge on any atom is 0.160 e. The molecule has 0 fully saturated rings. The van der Waals surface area contributed by atoms with E-state index < -0.39 is 0 Å². The zero-order valence-electron chi connectivity index (χ0n) is 11.8. The minimum absolute atomic E-state index is 0.0929. The molecule has 0 bridgehead atoms. The summed E-state index contributed by atoms with van der Waals surface area (Å²) in [5.41, 5.74) is 9.47. The van der Waals surface area contributed by atoms with E-state index in [4.69, 9.17) is 10.7 Å². The number of rotatable bonds is 1. The van der Waals surface area contributed by atoms with Crippen molar-refractivity contribution in [3.8, 4) is 11.4 Å². The fourth-order valence-electron chi connectivity index (χ4n) is 3.13. The maximum absolute atomic E-state index is 6.15. The lowest BCUT2D eigenvalue weighted by atomic mass is 9.93. The van der Waals surface area contributed by atoms with Crippen molar-refractivity contribution in [3.05, 3.63) is 59.9 Å². The van der Waals surface area contributed by atoms with E-state index >= 15 is 0 Å². The van der Waals surface area contributed by atoms with Crippen molar-refractivity contribution >= 4 is 10.8 Å². The van der Waals surface area contributed by atoms with E-state index in [1.165, 1.54) is 10.8 Å². The van der Waals surface area contributed by atoms with Crippen molar-refractivity contribution in [2.24, 2.45) is 5.73 Å². The van der Waals surface area contributed by atoms with Gasteiger partial charge in [-0.15, -0.1) is 0 Å². The van der Waals surface area contributed by atoms with Gasteiger partial charge in [-0.3, -0.25) is 0 Å². The summed E-state index contributed by atoms with van der Waals surface area (Å²) in [6.07, 6.45) is 5.07. The standard InChI is InChI=1S/C18H17N3/c19-16-9-4-10-17-15(16)11-20-18(21-17)14-8-3-6-12-5-1-2-7-13(12)14/h1-3,5-8,11,16H,4,9-10,19H2. The van der Waals surface area contributed by atoms with Gasteiger partial charge in [0.15, 0.2) is 5.82 Å². The van der Waals surface area contributed by atoms with E-state index in [9.17, 15) is 0 Å². The Hall–Kier alpha value is -2.26. The van der Waals surface area contributed by atoms with Crippen LogP contribution in [0, 0.1) is 0 Å². The topological polar surface area (TPSA) is 51.8 Å². The number of nitrogens with two attached hydrogens (primary N) is 1. The van der Waals surface area contributed by atoms with Crippen LogP contribution in [0.4, 0.5) is 0 Å². The molecule has 21 heavy (non-hydrogen) atoms. The van der Waals surface area contributed by atoms with Gasteiger partial charge in [0.2, 0.25) is 0 Å². The molecule has 1 aliphatic rings. The highest BCUT2D eigenvalue weighted by molar-refractivity contribution is 5.94. The highest BCUT2D eigenvalue weighted by Gasteiger charge is 2.19. The summed E-state index contributed by atoms with van der Waals surface area (Å²) in [6.45, 7) is 0. The molecule has 2 aromatic carbocycles. The molecule has 3 nitrogen and oxygen atoms in total. The second-order valence-electron chi connectivity index (χ2n) is 5.62. The van der Waals surface area contributed by atoms with Crippen LogP contribution in [0.2, 0.25) is 0 Å². The first-order valence-electron chi connectivity index (χ1n) is 7.42. The Kier molecular flexibility index (Phi) is 2.93. The van der Waals surface area contributed by atoms with Crippen LogP contribution < -0.4 is 5.73 Å². The number of fused-ring (bicyclic) bond motifs is 2. The third kappa shape index (κ3) is 2.10. The van der Waals surface area contributed by atoms with Crippen LogP contribution >= 0.6 is 0 Å². The molecule has 1 atom stereocenters. The van der Waals surface area contributed by atoms with Crippen molar-refractivity contribution in [1.82, 2.24) is 9.97 Å². The van der Waals surface area contributed by atoms with Gasteiger partial charge < -0.3 is 5.73 Å². The SMILES string of the molecule is NC1CCCc2nc(-c3cccc4ccccc34)ncc21. The van der Waals surface area contributed by atoms with Gasteiger partial charge in [0.25, 0.3) is 0 Å². The van der Waals surface area contributed by atoms with Crippen LogP contribution in [0.5, 0.6) is 0 Å². The molecule has 3 heteroatoms. The second-order valence-corrected chi connectivity index (χ2v) is 5.62. The van der Waals surface area contributed by atoms with Crippen LogP contribution in [0.25, 0.3) is 22.2 Å². The molecule has 1 aromatic heterocycles. The number of nitrogens with zero attached hydrogens (tertiary/aromatic N) is 2.